The molecule has 1 N–H and O–H groups in total. The van der Waals surface area contributed by atoms with Crippen LogP contribution < -0.4 is 5.48 Å². The van der Waals surface area contributed by atoms with Crippen molar-refractivity contribution < 1.29 is 4.84 Å². The summed E-state index contributed by atoms with van der Waals surface area (Å²) in [5.41, 5.74) is 6.02. The van der Waals surface area contributed by atoms with Crippen molar-refractivity contribution in [2.45, 2.75) is 26.4 Å². The largest absolute Gasteiger partial charge is 0.266 e. The summed E-state index contributed by atoms with van der Waals surface area (Å²) < 4.78 is 0. The first-order chi connectivity index (χ1) is 8.59. The molecule has 0 aliphatic rings. The molecule has 2 nitrogen and oxygen atoms in total. The van der Waals surface area contributed by atoms with Gasteiger partial charge < -0.3 is 0 Å². The fourth-order valence-corrected chi connectivity index (χ4v) is 2.00. The van der Waals surface area contributed by atoms with Crippen LogP contribution in [0.15, 0.2) is 54.6 Å². The Bertz CT molecular complexity index is 506. The Morgan fingerprint density at radius 3 is 2.17 bits per heavy atom. The lowest BCUT2D eigenvalue weighted by Crippen LogP contribution is -2.25. The molecule has 94 valence electrons. The smallest absolute Gasteiger partial charge is 0.116 e. The molecule has 0 fully saturated rings. The first kappa shape index (κ1) is 12.7. The van der Waals surface area contributed by atoms with Gasteiger partial charge in [-0.05, 0) is 44.0 Å². The molecule has 2 rings (SSSR count). The summed E-state index contributed by atoms with van der Waals surface area (Å²) in [4.78, 5) is 5.83. The third-order valence-electron chi connectivity index (χ3n) is 2.99. The van der Waals surface area contributed by atoms with E-state index in [0.717, 1.165) is 5.69 Å². The van der Waals surface area contributed by atoms with E-state index < -0.39 is 0 Å². The molecule has 0 spiro atoms. The Morgan fingerprint density at radius 1 is 0.889 bits per heavy atom. The number of benzene rings is 2. The number of hydrogen-bond donors (Lipinski definition) is 1. The Kier molecular flexibility index (Phi) is 3.68. The minimum absolute atomic E-state index is 0.374. The second kappa shape index (κ2) is 5.23. The highest BCUT2D eigenvalue weighted by molar-refractivity contribution is 5.40. The van der Waals surface area contributed by atoms with Crippen LogP contribution in [-0.4, -0.2) is 0 Å². The number of anilines is 1. The Labute approximate surface area is 109 Å². The van der Waals surface area contributed by atoms with E-state index in [2.05, 4.69) is 38.4 Å². The highest BCUT2D eigenvalue weighted by atomic mass is 16.7. The third kappa shape index (κ3) is 2.90. The molecule has 18 heavy (non-hydrogen) atoms. The number of hydrogen-bond acceptors (Lipinski definition) is 2. The third-order valence-corrected chi connectivity index (χ3v) is 2.99. The lowest BCUT2D eigenvalue weighted by Gasteiger charge is -2.27. The van der Waals surface area contributed by atoms with Crippen LogP contribution >= 0.6 is 0 Å². The monoisotopic (exact) mass is 241 g/mol. The maximum Gasteiger partial charge on any atom is 0.116 e. The van der Waals surface area contributed by atoms with E-state index in [9.17, 15) is 0 Å². The molecule has 0 heterocycles. The molecule has 0 unspecified atom stereocenters. The average molecular weight is 241 g/mol. The van der Waals surface area contributed by atoms with Crippen molar-refractivity contribution in [1.82, 2.24) is 0 Å². The van der Waals surface area contributed by atoms with E-state index in [-0.39, 0.29) is 5.60 Å². The summed E-state index contributed by atoms with van der Waals surface area (Å²) in [5, 5.41) is 0. The van der Waals surface area contributed by atoms with Gasteiger partial charge in [0, 0.05) is 0 Å². The van der Waals surface area contributed by atoms with Gasteiger partial charge in [0.25, 0.3) is 0 Å². The second-order valence-electron chi connectivity index (χ2n) is 4.90. The van der Waals surface area contributed by atoms with Crippen LogP contribution in [0.5, 0.6) is 0 Å². The molecule has 0 aliphatic carbocycles. The maximum atomic E-state index is 5.83. The van der Waals surface area contributed by atoms with E-state index in [1.807, 2.05) is 42.5 Å². The second-order valence-corrected chi connectivity index (χ2v) is 4.90. The van der Waals surface area contributed by atoms with Gasteiger partial charge in [0.15, 0.2) is 0 Å². The van der Waals surface area contributed by atoms with Gasteiger partial charge in [0.05, 0.1) is 5.69 Å². The number of nitrogens with one attached hydrogen (secondary N) is 1. The Morgan fingerprint density at radius 2 is 1.50 bits per heavy atom. The molecule has 0 aromatic heterocycles. The van der Waals surface area contributed by atoms with Crippen molar-refractivity contribution >= 4 is 5.69 Å². The van der Waals surface area contributed by atoms with E-state index >= 15 is 0 Å². The lowest BCUT2D eigenvalue weighted by molar-refractivity contribution is 0.0166. The molecular weight excluding hydrogens is 222 g/mol. The highest BCUT2D eigenvalue weighted by Crippen LogP contribution is 2.27. The number of para-hydroxylation sites is 1. The fourth-order valence-electron chi connectivity index (χ4n) is 2.00. The van der Waals surface area contributed by atoms with Crippen LogP contribution in [-0.2, 0) is 10.4 Å². The quantitative estimate of drug-likeness (QED) is 0.807. The predicted octanol–water partition coefficient (Wildman–Crippen LogP) is 4.27. The van der Waals surface area contributed by atoms with Crippen molar-refractivity contribution in [2.24, 2.45) is 0 Å². The SMILES string of the molecule is Cc1ccccc1C(C)(C)ONc1ccccc1. The van der Waals surface area contributed by atoms with E-state index in [1.54, 1.807) is 0 Å². The predicted molar refractivity (Wildman–Crippen MR) is 75.4 cm³/mol. The lowest BCUT2D eigenvalue weighted by atomic mass is 9.94. The van der Waals surface area contributed by atoms with E-state index in [0.29, 0.717) is 0 Å². The van der Waals surface area contributed by atoms with Crippen molar-refractivity contribution in [2.75, 3.05) is 5.48 Å². The van der Waals surface area contributed by atoms with Gasteiger partial charge in [-0.1, -0.05) is 42.5 Å². The van der Waals surface area contributed by atoms with E-state index in [1.165, 1.54) is 11.1 Å². The summed E-state index contributed by atoms with van der Waals surface area (Å²) in [6.45, 7) is 6.22. The number of rotatable bonds is 4. The van der Waals surface area contributed by atoms with Crippen LogP contribution in [0.25, 0.3) is 0 Å². The Hall–Kier alpha value is -1.80. The van der Waals surface area contributed by atoms with Gasteiger partial charge in [-0.2, -0.15) is 0 Å². The van der Waals surface area contributed by atoms with Crippen molar-refractivity contribution in [3.63, 3.8) is 0 Å². The fraction of sp³-hybridized carbons (Fsp3) is 0.250. The van der Waals surface area contributed by atoms with Gasteiger partial charge >= 0.3 is 0 Å². The average Bonchev–Trinajstić information content (AvgIpc) is 2.38. The molecule has 2 heteroatoms. The van der Waals surface area contributed by atoms with Crippen LogP contribution in [0, 0.1) is 6.92 Å². The minimum atomic E-state index is -0.374. The summed E-state index contributed by atoms with van der Waals surface area (Å²) >= 11 is 0. The van der Waals surface area contributed by atoms with Gasteiger partial charge in [0.2, 0.25) is 0 Å². The summed E-state index contributed by atoms with van der Waals surface area (Å²) in [7, 11) is 0. The van der Waals surface area contributed by atoms with Gasteiger partial charge in [-0.15, -0.1) is 0 Å². The van der Waals surface area contributed by atoms with E-state index in [4.69, 9.17) is 4.84 Å². The van der Waals surface area contributed by atoms with Gasteiger partial charge in [0.1, 0.15) is 5.60 Å². The summed E-state index contributed by atoms with van der Waals surface area (Å²) in [6.07, 6.45) is 0. The molecule has 0 radical (unpaired) electrons. The molecule has 0 bridgehead atoms. The summed E-state index contributed by atoms with van der Waals surface area (Å²) in [6, 6.07) is 18.2. The van der Waals surface area contributed by atoms with Crippen molar-refractivity contribution in [3.05, 3.63) is 65.7 Å². The molecule has 0 aliphatic heterocycles. The van der Waals surface area contributed by atoms with Gasteiger partial charge in [-0.25, -0.2) is 0 Å². The van der Waals surface area contributed by atoms with Gasteiger partial charge in [-0.3, -0.25) is 10.3 Å². The highest BCUT2D eigenvalue weighted by Gasteiger charge is 2.23. The molecule has 2 aromatic carbocycles. The zero-order chi connectivity index (χ0) is 13.0. The first-order valence-corrected chi connectivity index (χ1v) is 6.15. The molecule has 2 aromatic rings. The molecule has 0 amide bonds. The Balaban J connectivity index is 2.11. The molecule has 0 saturated carbocycles. The molecule has 0 saturated heterocycles. The standard InChI is InChI=1S/C16H19NO/c1-13-9-7-8-12-15(13)16(2,3)18-17-14-10-5-4-6-11-14/h4-12,17H,1-3H3. The zero-order valence-electron chi connectivity index (χ0n) is 11.1. The minimum Gasteiger partial charge on any atom is -0.266 e. The molecule has 0 atom stereocenters. The maximum absolute atomic E-state index is 5.83. The number of aryl methyl sites for hydroxylation is 1. The van der Waals surface area contributed by atoms with Crippen LogP contribution in [0.3, 0.4) is 0 Å². The summed E-state index contributed by atoms with van der Waals surface area (Å²) in [5.74, 6) is 0. The van der Waals surface area contributed by atoms with Crippen molar-refractivity contribution in [1.29, 1.82) is 0 Å². The van der Waals surface area contributed by atoms with Crippen LogP contribution in [0.2, 0.25) is 0 Å². The topological polar surface area (TPSA) is 21.3 Å². The normalized spacial score (nSPS) is 11.3. The molecular formula is C16H19NO. The van der Waals surface area contributed by atoms with Crippen LogP contribution in [0.1, 0.15) is 25.0 Å². The first-order valence-electron chi connectivity index (χ1n) is 6.15. The zero-order valence-corrected chi connectivity index (χ0v) is 11.1. The van der Waals surface area contributed by atoms with Crippen LogP contribution in [0.4, 0.5) is 5.69 Å². The van der Waals surface area contributed by atoms with Crippen molar-refractivity contribution in [3.8, 4) is 0 Å².